The summed E-state index contributed by atoms with van der Waals surface area (Å²) in [6.07, 6.45) is 3.96. The van der Waals surface area contributed by atoms with Crippen LogP contribution in [-0.2, 0) is 4.79 Å². The van der Waals surface area contributed by atoms with Crippen molar-refractivity contribution in [2.24, 2.45) is 0 Å². The molecular formula is C22H31FN4O2. The average molecular weight is 403 g/mol. The molecule has 0 unspecified atom stereocenters. The highest BCUT2D eigenvalue weighted by molar-refractivity contribution is 5.94. The largest absolute Gasteiger partial charge is 0.339 e. The Labute approximate surface area is 172 Å². The number of carbonyl (C=O) groups excluding carboxylic acids is 2. The SMILES string of the molecule is Cc1cccc(C(=O)N2CCN(CC(=O)N3CCN(C4CCC4)CC3)CC2)c1F. The van der Waals surface area contributed by atoms with Gasteiger partial charge in [-0.3, -0.25) is 19.4 Å². The Balaban J connectivity index is 1.23. The van der Waals surface area contributed by atoms with Crippen LogP contribution in [0.1, 0.15) is 35.2 Å². The van der Waals surface area contributed by atoms with Crippen molar-refractivity contribution in [1.29, 1.82) is 0 Å². The minimum Gasteiger partial charge on any atom is -0.339 e. The molecule has 2 saturated heterocycles. The molecule has 3 aliphatic rings. The lowest BCUT2D eigenvalue weighted by molar-refractivity contribution is -0.135. The predicted octanol–water partition coefficient (Wildman–Crippen LogP) is 1.59. The Hall–Kier alpha value is -1.99. The summed E-state index contributed by atoms with van der Waals surface area (Å²) in [5.41, 5.74) is 0.622. The first-order valence-electron chi connectivity index (χ1n) is 10.8. The van der Waals surface area contributed by atoms with Crippen LogP contribution in [-0.4, -0.2) is 96.4 Å². The van der Waals surface area contributed by atoms with Crippen LogP contribution in [0.5, 0.6) is 0 Å². The van der Waals surface area contributed by atoms with E-state index in [9.17, 15) is 14.0 Å². The van der Waals surface area contributed by atoms with Crippen LogP contribution in [0.2, 0.25) is 0 Å². The van der Waals surface area contributed by atoms with Crippen LogP contribution in [0, 0.1) is 12.7 Å². The monoisotopic (exact) mass is 402 g/mol. The molecule has 158 valence electrons. The fourth-order valence-corrected chi connectivity index (χ4v) is 4.47. The molecule has 0 aromatic heterocycles. The van der Waals surface area contributed by atoms with Crippen molar-refractivity contribution in [3.8, 4) is 0 Å². The summed E-state index contributed by atoms with van der Waals surface area (Å²) in [7, 11) is 0. The van der Waals surface area contributed by atoms with Gasteiger partial charge in [0.05, 0.1) is 12.1 Å². The lowest BCUT2D eigenvalue weighted by atomic mass is 9.91. The first kappa shape index (κ1) is 20.3. The van der Waals surface area contributed by atoms with Crippen molar-refractivity contribution < 1.29 is 14.0 Å². The lowest BCUT2D eigenvalue weighted by Crippen LogP contribution is -2.56. The van der Waals surface area contributed by atoms with Crippen LogP contribution in [0.4, 0.5) is 4.39 Å². The maximum Gasteiger partial charge on any atom is 0.256 e. The van der Waals surface area contributed by atoms with E-state index in [1.54, 1.807) is 30.0 Å². The summed E-state index contributed by atoms with van der Waals surface area (Å²) in [5, 5.41) is 0. The molecule has 0 N–H and O–H groups in total. The van der Waals surface area contributed by atoms with E-state index in [4.69, 9.17) is 0 Å². The van der Waals surface area contributed by atoms with E-state index in [0.29, 0.717) is 38.3 Å². The van der Waals surface area contributed by atoms with Gasteiger partial charge in [0.1, 0.15) is 5.82 Å². The quantitative estimate of drug-likeness (QED) is 0.768. The smallest absolute Gasteiger partial charge is 0.256 e. The molecule has 7 heteroatoms. The first-order valence-corrected chi connectivity index (χ1v) is 10.8. The summed E-state index contributed by atoms with van der Waals surface area (Å²) in [6.45, 7) is 8.03. The number of hydrogen-bond donors (Lipinski definition) is 0. The lowest BCUT2D eigenvalue weighted by Gasteiger charge is -2.43. The Morgan fingerprint density at radius 2 is 1.62 bits per heavy atom. The van der Waals surface area contributed by atoms with E-state index >= 15 is 0 Å². The number of carbonyl (C=O) groups is 2. The van der Waals surface area contributed by atoms with Gasteiger partial charge in [0, 0.05) is 58.4 Å². The number of aryl methyl sites for hydroxylation is 1. The van der Waals surface area contributed by atoms with E-state index in [0.717, 1.165) is 32.2 Å². The molecule has 1 aromatic rings. The summed E-state index contributed by atoms with van der Waals surface area (Å²) >= 11 is 0. The summed E-state index contributed by atoms with van der Waals surface area (Å²) in [5.74, 6) is -0.511. The van der Waals surface area contributed by atoms with E-state index < -0.39 is 5.82 Å². The minimum absolute atomic E-state index is 0.138. The number of benzene rings is 1. The van der Waals surface area contributed by atoms with Crippen LogP contribution in [0.25, 0.3) is 0 Å². The van der Waals surface area contributed by atoms with Gasteiger partial charge in [0.15, 0.2) is 0 Å². The van der Waals surface area contributed by atoms with E-state index in [1.807, 2.05) is 4.90 Å². The van der Waals surface area contributed by atoms with E-state index in [2.05, 4.69) is 9.80 Å². The van der Waals surface area contributed by atoms with Gasteiger partial charge in [-0.1, -0.05) is 18.6 Å². The second kappa shape index (κ2) is 8.79. The molecule has 1 aromatic carbocycles. The van der Waals surface area contributed by atoms with Gasteiger partial charge in [0.2, 0.25) is 5.91 Å². The highest BCUT2D eigenvalue weighted by Crippen LogP contribution is 2.25. The van der Waals surface area contributed by atoms with Gasteiger partial charge in [-0.15, -0.1) is 0 Å². The van der Waals surface area contributed by atoms with E-state index in [1.165, 1.54) is 19.3 Å². The third-order valence-corrected chi connectivity index (χ3v) is 6.70. The van der Waals surface area contributed by atoms with Crippen molar-refractivity contribution in [1.82, 2.24) is 19.6 Å². The number of amides is 2. The third-order valence-electron chi connectivity index (χ3n) is 6.70. The van der Waals surface area contributed by atoms with Crippen LogP contribution in [0.3, 0.4) is 0 Å². The molecule has 3 fully saturated rings. The van der Waals surface area contributed by atoms with Gasteiger partial charge in [-0.05, 0) is 31.4 Å². The normalized spacial score (nSPS) is 21.9. The molecule has 1 aliphatic carbocycles. The molecule has 0 atom stereocenters. The molecule has 0 bridgehead atoms. The highest BCUT2D eigenvalue weighted by atomic mass is 19.1. The van der Waals surface area contributed by atoms with Crippen molar-refractivity contribution >= 4 is 11.8 Å². The third kappa shape index (κ3) is 4.46. The molecule has 0 radical (unpaired) electrons. The zero-order chi connectivity index (χ0) is 20.4. The zero-order valence-corrected chi connectivity index (χ0v) is 17.3. The van der Waals surface area contributed by atoms with Gasteiger partial charge >= 0.3 is 0 Å². The predicted molar refractivity (Wildman–Crippen MR) is 109 cm³/mol. The zero-order valence-electron chi connectivity index (χ0n) is 17.3. The van der Waals surface area contributed by atoms with Gasteiger partial charge in [-0.25, -0.2) is 4.39 Å². The number of rotatable bonds is 4. The highest BCUT2D eigenvalue weighted by Gasteiger charge is 2.30. The summed E-state index contributed by atoms with van der Waals surface area (Å²) in [4.78, 5) is 33.6. The Morgan fingerprint density at radius 3 is 2.24 bits per heavy atom. The van der Waals surface area contributed by atoms with E-state index in [-0.39, 0.29) is 17.4 Å². The summed E-state index contributed by atoms with van der Waals surface area (Å²) in [6, 6.07) is 5.67. The Bertz CT molecular complexity index is 751. The maximum absolute atomic E-state index is 14.3. The van der Waals surface area contributed by atoms with Crippen molar-refractivity contribution in [2.45, 2.75) is 32.2 Å². The number of nitrogens with zero attached hydrogens (tertiary/aromatic N) is 4. The Morgan fingerprint density at radius 1 is 0.966 bits per heavy atom. The second-order valence-electron chi connectivity index (χ2n) is 8.51. The topological polar surface area (TPSA) is 47.1 Å². The molecule has 2 heterocycles. The molecule has 6 nitrogen and oxygen atoms in total. The van der Waals surface area contributed by atoms with Crippen molar-refractivity contribution in [3.63, 3.8) is 0 Å². The number of piperazine rings is 2. The molecule has 4 rings (SSSR count). The van der Waals surface area contributed by atoms with Crippen LogP contribution < -0.4 is 0 Å². The molecule has 2 amide bonds. The molecule has 29 heavy (non-hydrogen) atoms. The standard InChI is InChI=1S/C22H31FN4O2/c1-17-4-2-7-19(21(17)23)22(29)27-10-8-24(9-11-27)16-20(28)26-14-12-25(13-15-26)18-5-3-6-18/h2,4,7,18H,3,5-6,8-16H2,1H3. The van der Waals surface area contributed by atoms with Crippen molar-refractivity contribution in [3.05, 3.63) is 35.1 Å². The fraction of sp³-hybridized carbons (Fsp3) is 0.636. The van der Waals surface area contributed by atoms with Crippen molar-refractivity contribution in [2.75, 3.05) is 58.9 Å². The molecule has 2 aliphatic heterocycles. The average Bonchev–Trinajstić information content (AvgIpc) is 2.69. The summed E-state index contributed by atoms with van der Waals surface area (Å²) < 4.78 is 14.3. The van der Waals surface area contributed by atoms with Crippen LogP contribution in [0.15, 0.2) is 18.2 Å². The van der Waals surface area contributed by atoms with Gasteiger partial charge < -0.3 is 9.80 Å². The first-order chi connectivity index (χ1) is 14.0. The van der Waals surface area contributed by atoms with Gasteiger partial charge in [0.25, 0.3) is 5.91 Å². The number of hydrogen-bond acceptors (Lipinski definition) is 4. The molecular weight excluding hydrogens is 371 g/mol. The van der Waals surface area contributed by atoms with Crippen LogP contribution >= 0.6 is 0 Å². The fourth-order valence-electron chi connectivity index (χ4n) is 4.47. The minimum atomic E-state index is -0.434. The molecule has 1 saturated carbocycles. The van der Waals surface area contributed by atoms with Gasteiger partial charge in [-0.2, -0.15) is 0 Å². The number of halogens is 1. The Kier molecular flexibility index (Phi) is 6.15. The molecule has 0 spiro atoms. The maximum atomic E-state index is 14.3. The second-order valence-corrected chi connectivity index (χ2v) is 8.51.